The fourth-order valence-electron chi connectivity index (χ4n) is 1.12. The molecule has 0 bridgehead atoms. The zero-order chi connectivity index (χ0) is 9.19. The molecule has 0 amide bonds. The molecule has 0 unspecified atom stereocenters. The highest BCUT2D eigenvalue weighted by molar-refractivity contribution is 5.19. The standard InChI is InChI=1S/C10H16FN/c1-10(2,3)9-4-6-12(8-9)7-5-11/h4,6,8H,5,7H2,1-3H3. The van der Waals surface area contributed by atoms with Crippen LogP contribution in [0.4, 0.5) is 4.39 Å². The van der Waals surface area contributed by atoms with Gasteiger partial charge in [0.05, 0.1) is 6.54 Å². The molecule has 0 saturated carbocycles. The Labute approximate surface area is 73.2 Å². The highest BCUT2D eigenvalue weighted by Gasteiger charge is 2.14. The number of nitrogens with zero attached hydrogens (tertiary/aromatic N) is 1. The van der Waals surface area contributed by atoms with Crippen molar-refractivity contribution in [1.29, 1.82) is 0 Å². The highest BCUT2D eigenvalue weighted by Crippen LogP contribution is 2.21. The monoisotopic (exact) mass is 169 g/mol. The third-order valence-electron chi connectivity index (χ3n) is 1.96. The van der Waals surface area contributed by atoms with E-state index in [1.165, 1.54) is 5.56 Å². The van der Waals surface area contributed by atoms with Crippen LogP contribution in [0.3, 0.4) is 0 Å². The van der Waals surface area contributed by atoms with Crippen LogP contribution in [0, 0.1) is 0 Å². The van der Waals surface area contributed by atoms with Gasteiger partial charge in [0, 0.05) is 12.4 Å². The van der Waals surface area contributed by atoms with Gasteiger partial charge in [-0.25, -0.2) is 4.39 Å². The van der Waals surface area contributed by atoms with E-state index in [0.717, 1.165) is 0 Å². The van der Waals surface area contributed by atoms with Crippen LogP contribution in [0.25, 0.3) is 0 Å². The lowest BCUT2D eigenvalue weighted by molar-refractivity contribution is 0.445. The molecule has 0 spiro atoms. The summed E-state index contributed by atoms with van der Waals surface area (Å²) in [4.78, 5) is 0. The Morgan fingerprint density at radius 2 is 2.08 bits per heavy atom. The topological polar surface area (TPSA) is 4.93 Å². The van der Waals surface area contributed by atoms with Crippen LogP contribution in [0.15, 0.2) is 18.5 Å². The molecule has 0 fully saturated rings. The second-order valence-electron chi connectivity index (χ2n) is 4.08. The first kappa shape index (κ1) is 9.30. The van der Waals surface area contributed by atoms with Gasteiger partial charge < -0.3 is 4.57 Å². The summed E-state index contributed by atoms with van der Waals surface area (Å²) in [7, 11) is 0. The van der Waals surface area contributed by atoms with Gasteiger partial charge >= 0.3 is 0 Å². The van der Waals surface area contributed by atoms with E-state index >= 15 is 0 Å². The molecule has 0 radical (unpaired) electrons. The second kappa shape index (κ2) is 3.30. The zero-order valence-electron chi connectivity index (χ0n) is 7.97. The molecule has 1 aromatic rings. The van der Waals surface area contributed by atoms with Gasteiger partial charge in [0.15, 0.2) is 0 Å². The van der Waals surface area contributed by atoms with E-state index < -0.39 is 0 Å². The molecule has 0 aliphatic heterocycles. The molecule has 12 heavy (non-hydrogen) atoms. The van der Waals surface area contributed by atoms with Crippen molar-refractivity contribution in [3.05, 3.63) is 24.0 Å². The molecule has 68 valence electrons. The molecular weight excluding hydrogens is 153 g/mol. The quantitative estimate of drug-likeness (QED) is 0.641. The van der Waals surface area contributed by atoms with Crippen molar-refractivity contribution in [3.63, 3.8) is 0 Å². The Morgan fingerprint density at radius 1 is 1.42 bits per heavy atom. The molecule has 0 atom stereocenters. The third kappa shape index (κ3) is 2.10. The molecule has 1 aromatic heterocycles. The molecule has 2 heteroatoms. The lowest BCUT2D eigenvalue weighted by Gasteiger charge is -2.15. The highest BCUT2D eigenvalue weighted by atomic mass is 19.1. The molecule has 0 aromatic carbocycles. The number of hydrogen-bond acceptors (Lipinski definition) is 0. The van der Waals surface area contributed by atoms with Crippen LogP contribution in [-0.4, -0.2) is 11.2 Å². The molecule has 0 saturated heterocycles. The molecule has 0 N–H and O–H groups in total. The summed E-state index contributed by atoms with van der Waals surface area (Å²) in [6.45, 7) is 6.64. The smallest absolute Gasteiger partial charge is 0.107 e. The number of aromatic nitrogens is 1. The number of alkyl halides is 1. The van der Waals surface area contributed by atoms with E-state index in [-0.39, 0.29) is 12.1 Å². The Morgan fingerprint density at radius 3 is 2.50 bits per heavy atom. The van der Waals surface area contributed by atoms with Crippen molar-refractivity contribution in [2.45, 2.75) is 32.7 Å². The van der Waals surface area contributed by atoms with Gasteiger partial charge in [-0.2, -0.15) is 0 Å². The minimum absolute atomic E-state index is 0.168. The average Bonchev–Trinajstić information content (AvgIpc) is 2.35. The largest absolute Gasteiger partial charge is 0.351 e. The lowest BCUT2D eigenvalue weighted by Crippen LogP contribution is -2.09. The van der Waals surface area contributed by atoms with Crippen LogP contribution in [0.5, 0.6) is 0 Å². The van der Waals surface area contributed by atoms with Crippen molar-refractivity contribution in [1.82, 2.24) is 4.57 Å². The molecule has 1 rings (SSSR count). The first-order valence-corrected chi connectivity index (χ1v) is 4.26. The summed E-state index contributed by atoms with van der Waals surface area (Å²) >= 11 is 0. The Balaban J connectivity index is 2.77. The van der Waals surface area contributed by atoms with E-state index in [1.807, 2.05) is 17.0 Å². The lowest BCUT2D eigenvalue weighted by atomic mass is 9.89. The van der Waals surface area contributed by atoms with Crippen molar-refractivity contribution >= 4 is 0 Å². The predicted molar refractivity (Wildman–Crippen MR) is 49.1 cm³/mol. The summed E-state index contributed by atoms with van der Waals surface area (Å²) in [5, 5.41) is 0. The first-order chi connectivity index (χ1) is 5.54. The maximum Gasteiger partial charge on any atom is 0.107 e. The van der Waals surface area contributed by atoms with Gasteiger partial charge in [0.25, 0.3) is 0 Å². The summed E-state index contributed by atoms with van der Waals surface area (Å²) in [6.07, 6.45) is 3.94. The normalized spacial score (nSPS) is 12.0. The van der Waals surface area contributed by atoms with Crippen LogP contribution >= 0.6 is 0 Å². The van der Waals surface area contributed by atoms with Crippen molar-refractivity contribution in [2.24, 2.45) is 0 Å². The van der Waals surface area contributed by atoms with E-state index in [0.29, 0.717) is 6.54 Å². The van der Waals surface area contributed by atoms with Crippen LogP contribution in [0.2, 0.25) is 0 Å². The fourth-order valence-corrected chi connectivity index (χ4v) is 1.12. The average molecular weight is 169 g/mol. The predicted octanol–water partition coefficient (Wildman–Crippen LogP) is 2.76. The van der Waals surface area contributed by atoms with Gasteiger partial charge in [0.2, 0.25) is 0 Å². The van der Waals surface area contributed by atoms with Gasteiger partial charge in [0.1, 0.15) is 6.67 Å². The van der Waals surface area contributed by atoms with Gasteiger partial charge in [-0.1, -0.05) is 20.8 Å². The van der Waals surface area contributed by atoms with E-state index in [1.54, 1.807) is 0 Å². The third-order valence-corrected chi connectivity index (χ3v) is 1.96. The summed E-state index contributed by atoms with van der Waals surface area (Å²) < 4.78 is 13.9. The van der Waals surface area contributed by atoms with E-state index in [4.69, 9.17) is 0 Å². The van der Waals surface area contributed by atoms with Crippen LogP contribution in [-0.2, 0) is 12.0 Å². The van der Waals surface area contributed by atoms with Crippen LogP contribution < -0.4 is 0 Å². The number of rotatable bonds is 2. The molecule has 0 aliphatic carbocycles. The first-order valence-electron chi connectivity index (χ1n) is 4.26. The molecular formula is C10H16FN. The van der Waals surface area contributed by atoms with Gasteiger partial charge in [-0.3, -0.25) is 0 Å². The van der Waals surface area contributed by atoms with Crippen LogP contribution in [0.1, 0.15) is 26.3 Å². The number of hydrogen-bond donors (Lipinski definition) is 0. The van der Waals surface area contributed by atoms with Crippen molar-refractivity contribution < 1.29 is 4.39 Å². The van der Waals surface area contributed by atoms with Crippen molar-refractivity contribution in [2.75, 3.05) is 6.67 Å². The van der Waals surface area contributed by atoms with E-state index in [2.05, 4.69) is 26.8 Å². The van der Waals surface area contributed by atoms with Gasteiger partial charge in [-0.15, -0.1) is 0 Å². The summed E-state index contributed by atoms with van der Waals surface area (Å²) in [5.41, 5.74) is 1.43. The fraction of sp³-hybridized carbons (Fsp3) is 0.600. The number of halogens is 1. The minimum Gasteiger partial charge on any atom is -0.351 e. The Hall–Kier alpha value is -0.790. The maximum atomic E-state index is 12.0. The number of aryl methyl sites for hydroxylation is 1. The van der Waals surface area contributed by atoms with E-state index in [9.17, 15) is 4.39 Å². The molecule has 1 heterocycles. The SMILES string of the molecule is CC(C)(C)c1ccn(CCF)c1. The summed E-state index contributed by atoms with van der Waals surface area (Å²) in [6, 6.07) is 2.05. The van der Waals surface area contributed by atoms with Crippen molar-refractivity contribution in [3.8, 4) is 0 Å². The zero-order valence-corrected chi connectivity index (χ0v) is 7.97. The Bertz CT molecular complexity index is 245. The Kier molecular flexibility index (Phi) is 2.55. The summed E-state index contributed by atoms with van der Waals surface area (Å²) in [5.74, 6) is 0. The maximum absolute atomic E-state index is 12.0. The minimum atomic E-state index is -0.293. The molecule has 1 nitrogen and oxygen atoms in total. The van der Waals surface area contributed by atoms with Gasteiger partial charge in [-0.05, 0) is 17.0 Å². The second-order valence-corrected chi connectivity index (χ2v) is 4.08. The molecule has 0 aliphatic rings.